The predicted molar refractivity (Wildman–Crippen MR) is 70.9 cm³/mol. The number of rotatable bonds is 2. The van der Waals surface area contributed by atoms with Crippen LogP contribution in [0.4, 0.5) is 24.8 Å². The molecule has 0 spiro atoms. The number of hydrogen-bond acceptors (Lipinski definition) is 4. The fourth-order valence-electron chi connectivity index (χ4n) is 2.39. The molecule has 0 radical (unpaired) electrons. The molecule has 1 aromatic rings. The maximum absolute atomic E-state index is 12.9. The minimum atomic E-state index is -4.42. The molecular formula is C13H18F3N3O. The van der Waals surface area contributed by atoms with Crippen molar-refractivity contribution in [2.75, 3.05) is 30.4 Å². The van der Waals surface area contributed by atoms with Crippen molar-refractivity contribution in [3.8, 4) is 0 Å². The van der Waals surface area contributed by atoms with Crippen molar-refractivity contribution in [2.24, 2.45) is 0 Å². The molecule has 0 amide bonds. The first-order chi connectivity index (χ1) is 9.21. The van der Waals surface area contributed by atoms with E-state index < -0.39 is 17.3 Å². The summed E-state index contributed by atoms with van der Waals surface area (Å²) >= 11 is 0. The molecule has 1 fully saturated rings. The van der Waals surface area contributed by atoms with Gasteiger partial charge in [-0.1, -0.05) is 0 Å². The highest BCUT2D eigenvalue weighted by atomic mass is 19.4. The lowest BCUT2D eigenvalue weighted by Crippen LogP contribution is -2.46. The molecule has 1 atom stereocenters. The van der Waals surface area contributed by atoms with E-state index in [0.29, 0.717) is 13.0 Å². The van der Waals surface area contributed by atoms with Gasteiger partial charge >= 0.3 is 6.18 Å². The Balaban J connectivity index is 2.36. The van der Waals surface area contributed by atoms with Gasteiger partial charge in [0, 0.05) is 20.1 Å². The van der Waals surface area contributed by atoms with E-state index in [1.807, 2.05) is 0 Å². The third-order valence-corrected chi connectivity index (χ3v) is 3.39. The van der Waals surface area contributed by atoms with Gasteiger partial charge in [-0.15, -0.1) is 0 Å². The summed E-state index contributed by atoms with van der Waals surface area (Å²) in [5.74, 6) is 0.407. The number of alkyl halides is 3. The predicted octanol–water partition coefficient (Wildman–Crippen LogP) is 2.49. The molecule has 2 N–H and O–H groups in total. The van der Waals surface area contributed by atoms with E-state index in [0.717, 1.165) is 18.6 Å². The second-order valence-corrected chi connectivity index (χ2v) is 5.37. The lowest BCUT2D eigenvalue weighted by atomic mass is 9.95. The summed E-state index contributed by atoms with van der Waals surface area (Å²) in [7, 11) is 1.53. The van der Waals surface area contributed by atoms with Crippen LogP contribution >= 0.6 is 0 Å². The van der Waals surface area contributed by atoms with Crippen LogP contribution in [0.3, 0.4) is 0 Å². The molecular weight excluding hydrogens is 271 g/mol. The number of β-amino-alcohol motifs (C(OH)–C–C–N with tert-alkyl or cyclic N) is 1. The maximum Gasteiger partial charge on any atom is 0.416 e. The van der Waals surface area contributed by atoms with Gasteiger partial charge in [0.05, 0.1) is 11.2 Å². The second-order valence-electron chi connectivity index (χ2n) is 5.37. The van der Waals surface area contributed by atoms with Crippen molar-refractivity contribution >= 4 is 11.6 Å². The van der Waals surface area contributed by atoms with Crippen LogP contribution in [-0.2, 0) is 6.18 Å². The van der Waals surface area contributed by atoms with Crippen LogP contribution in [0, 0.1) is 0 Å². The van der Waals surface area contributed by atoms with E-state index in [4.69, 9.17) is 0 Å². The Morgan fingerprint density at radius 3 is 2.65 bits per heavy atom. The Morgan fingerprint density at radius 1 is 1.40 bits per heavy atom. The van der Waals surface area contributed by atoms with Gasteiger partial charge in [0.2, 0.25) is 0 Å². The first-order valence-corrected chi connectivity index (χ1v) is 6.46. The van der Waals surface area contributed by atoms with Gasteiger partial charge in [0.15, 0.2) is 0 Å². The fourth-order valence-corrected chi connectivity index (χ4v) is 2.39. The third kappa shape index (κ3) is 3.33. The molecule has 2 heterocycles. The Labute approximate surface area is 115 Å². The lowest BCUT2D eigenvalue weighted by Gasteiger charge is -2.37. The van der Waals surface area contributed by atoms with Crippen molar-refractivity contribution in [1.29, 1.82) is 0 Å². The normalized spacial score (nSPS) is 23.8. The largest absolute Gasteiger partial charge is 0.416 e. The molecule has 4 nitrogen and oxygen atoms in total. The van der Waals surface area contributed by atoms with Crippen molar-refractivity contribution < 1.29 is 18.3 Å². The van der Waals surface area contributed by atoms with E-state index >= 15 is 0 Å². The lowest BCUT2D eigenvalue weighted by molar-refractivity contribution is -0.137. The van der Waals surface area contributed by atoms with Crippen molar-refractivity contribution in [3.63, 3.8) is 0 Å². The summed E-state index contributed by atoms with van der Waals surface area (Å²) in [6.45, 7) is 2.56. The van der Waals surface area contributed by atoms with E-state index in [-0.39, 0.29) is 18.2 Å². The number of halogens is 3. The van der Waals surface area contributed by atoms with Gasteiger partial charge in [-0.05, 0) is 31.9 Å². The van der Waals surface area contributed by atoms with Gasteiger partial charge in [-0.3, -0.25) is 0 Å². The SMILES string of the molecule is CNc1cc(C(F)(F)F)cc(N2CCCC(C)(O)C2)n1. The summed E-state index contributed by atoms with van der Waals surface area (Å²) in [5.41, 5.74) is -1.63. The summed E-state index contributed by atoms with van der Waals surface area (Å²) < 4.78 is 38.6. The molecule has 1 saturated heterocycles. The molecule has 0 aromatic carbocycles. The smallest absolute Gasteiger partial charge is 0.388 e. The Bertz CT molecular complexity index is 488. The monoisotopic (exact) mass is 289 g/mol. The molecule has 0 aliphatic carbocycles. The summed E-state index contributed by atoms with van der Waals surface area (Å²) in [5, 5.41) is 12.7. The first-order valence-electron chi connectivity index (χ1n) is 6.46. The second kappa shape index (κ2) is 5.12. The zero-order valence-electron chi connectivity index (χ0n) is 11.5. The Morgan fingerprint density at radius 2 is 2.10 bits per heavy atom. The topological polar surface area (TPSA) is 48.4 Å². The number of anilines is 2. The standard InChI is InChI=1S/C13H18F3N3O/c1-12(20)4-3-5-19(8-12)11-7-9(13(14,15)16)6-10(17-2)18-11/h6-7,20H,3-5,8H2,1-2H3,(H,17,18). The minimum absolute atomic E-state index is 0.167. The number of piperidine rings is 1. The highest BCUT2D eigenvalue weighted by molar-refractivity contribution is 5.51. The quantitative estimate of drug-likeness (QED) is 0.878. The van der Waals surface area contributed by atoms with Crippen LogP contribution in [-0.4, -0.2) is 35.8 Å². The van der Waals surface area contributed by atoms with Gasteiger partial charge < -0.3 is 15.3 Å². The summed E-state index contributed by atoms with van der Waals surface area (Å²) in [6, 6.07) is 2.01. The highest BCUT2D eigenvalue weighted by Crippen LogP contribution is 2.34. The van der Waals surface area contributed by atoms with Crippen molar-refractivity contribution in [2.45, 2.75) is 31.5 Å². The molecule has 2 rings (SSSR count). The van der Waals surface area contributed by atoms with Gasteiger partial charge in [-0.2, -0.15) is 13.2 Å². The minimum Gasteiger partial charge on any atom is -0.388 e. The molecule has 0 saturated carbocycles. The van der Waals surface area contributed by atoms with E-state index in [1.165, 1.54) is 7.05 Å². The van der Waals surface area contributed by atoms with E-state index in [2.05, 4.69) is 10.3 Å². The molecule has 112 valence electrons. The van der Waals surface area contributed by atoms with Crippen LogP contribution < -0.4 is 10.2 Å². The van der Waals surface area contributed by atoms with Crippen molar-refractivity contribution in [1.82, 2.24) is 4.98 Å². The first kappa shape index (κ1) is 14.9. The fraction of sp³-hybridized carbons (Fsp3) is 0.615. The molecule has 1 aliphatic heterocycles. The number of pyridine rings is 1. The molecule has 1 unspecified atom stereocenters. The van der Waals surface area contributed by atoms with Gasteiger partial charge in [0.25, 0.3) is 0 Å². The summed E-state index contributed by atoms with van der Waals surface area (Å²) in [4.78, 5) is 5.85. The molecule has 1 aromatic heterocycles. The number of nitrogens with zero attached hydrogens (tertiary/aromatic N) is 2. The summed E-state index contributed by atoms with van der Waals surface area (Å²) in [6.07, 6.45) is -3.05. The number of hydrogen-bond donors (Lipinski definition) is 2. The average Bonchev–Trinajstić information content (AvgIpc) is 2.36. The maximum atomic E-state index is 12.9. The third-order valence-electron chi connectivity index (χ3n) is 3.39. The van der Waals surface area contributed by atoms with Crippen LogP contribution in [0.15, 0.2) is 12.1 Å². The number of aromatic nitrogens is 1. The molecule has 1 aliphatic rings. The van der Waals surface area contributed by atoms with Crippen LogP contribution in [0.2, 0.25) is 0 Å². The number of aliphatic hydroxyl groups is 1. The zero-order valence-corrected chi connectivity index (χ0v) is 11.5. The Kier molecular flexibility index (Phi) is 3.82. The average molecular weight is 289 g/mol. The van der Waals surface area contributed by atoms with E-state index in [1.54, 1.807) is 11.8 Å². The van der Waals surface area contributed by atoms with Crippen LogP contribution in [0.1, 0.15) is 25.3 Å². The molecule has 0 bridgehead atoms. The van der Waals surface area contributed by atoms with Gasteiger partial charge in [-0.25, -0.2) is 4.98 Å². The van der Waals surface area contributed by atoms with Crippen LogP contribution in [0.5, 0.6) is 0 Å². The van der Waals surface area contributed by atoms with E-state index in [9.17, 15) is 18.3 Å². The number of nitrogens with one attached hydrogen (secondary N) is 1. The zero-order chi connectivity index (χ0) is 15.0. The van der Waals surface area contributed by atoms with Crippen LogP contribution in [0.25, 0.3) is 0 Å². The Hall–Kier alpha value is -1.50. The highest BCUT2D eigenvalue weighted by Gasteiger charge is 2.34. The molecule has 7 heteroatoms. The van der Waals surface area contributed by atoms with Crippen molar-refractivity contribution in [3.05, 3.63) is 17.7 Å². The van der Waals surface area contributed by atoms with Gasteiger partial charge in [0.1, 0.15) is 11.6 Å². The molecule has 20 heavy (non-hydrogen) atoms.